The van der Waals surface area contributed by atoms with Crippen molar-refractivity contribution in [3.63, 3.8) is 0 Å². The fourth-order valence-corrected chi connectivity index (χ4v) is 3.14. The van der Waals surface area contributed by atoms with Crippen LogP contribution in [-0.2, 0) is 6.42 Å². The molecule has 2 aromatic rings. The van der Waals surface area contributed by atoms with Gasteiger partial charge in [-0.1, -0.05) is 19.4 Å². The average Bonchev–Trinajstić information content (AvgIpc) is 3.06. The highest BCUT2D eigenvalue weighted by Gasteiger charge is 2.13. The zero-order chi connectivity index (χ0) is 15.2. The second-order valence-corrected chi connectivity index (χ2v) is 6.37. The number of allylic oxidation sites excluding steroid dienone is 1. The average molecular weight is 311 g/mol. The molecule has 1 aliphatic heterocycles. The minimum Gasteiger partial charge on any atom is -0.494 e. The smallest absolute Gasteiger partial charge is 0.119 e. The highest BCUT2D eigenvalue weighted by Crippen LogP contribution is 2.23. The normalized spacial score (nSPS) is 14.0. The van der Waals surface area contributed by atoms with Crippen LogP contribution in [0.15, 0.2) is 46.8 Å². The Labute approximate surface area is 136 Å². The Morgan fingerprint density at radius 2 is 2.23 bits per heavy atom. The zero-order valence-corrected chi connectivity index (χ0v) is 13.7. The second-order valence-electron chi connectivity index (χ2n) is 5.39. The van der Waals surface area contributed by atoms with Crippen LogP contribution in [0.4, 0.5) is 0 Å². The number of ether oxygens (including phenoxy) is 1. The molecular weight excluding hydrogens is 290 g/mol. The molecule has 0 saturated carbocycles. The van der Waals surface area contributed by atoms with E-state index in [4.69, 9.17) is 4.74 Å². The molecule has 0 unspecified atom stereocenters. The van der Waals surface area contributed by atoms with Gasteiger partial charge in [-0.2, -0.15) is 0 Å². The van der Waals surface area contributed by atoms with Crippen molar-refractivity contribution in [2.75, 3.05) is 13.2 Å². The van der Waals surface area contributed by atoms with E-state index >= 15 is 0 Å². The van der Waals surface area contributed by atoms with Crippen molar-refractivity contribution in [3.8, 4) is 5.75 Å². The first-order chi connectivity index (χ1) is 10.9. The highest BCUT2D eigenvalue weighted by atomic mass is 32.1. The summed E-state index contributed by atoms with van der Waals surface area (Å²) in [7, 11) is 0. The van der Waals surface area contributed by atoms with E-state index in [0.717, 1.165) is 43.9 Å². The largest absolute Gasteiger partial charge is 0.494 e. The third kappa shape index (κ3) is 3.66. The van der Waals surface area contributed by atoms with Gasteiger partial charge in [-0.25, -0.2) is 0 Å². The number of nitrogens with zero attached hydrogens (tertiary/aromatic N) is 1. The molecule has 3 heteroatoms. The molecule has 114 valence electrons. The maximum absolute atomic E-state index is 5.81. The van der Waals surface area contributed by atoms with Gasteiger partial charge in [0.1, 0.15) is 5.75 Å². The van der Waals surface area contributed by atoms with Crippen LogP contribution in [0.3, 0.4) is 0 Å². The third-order valence-corrected chi connectivity index (χ3v) is 4.57. The maximum atomic E-state index is 5.81. The molecule has 2 nitrogen and oxygen atoms in total. The Bertz CT molecular complexity index is 671. The Hall–Kier alpha value is -1.87. The van der Waals surface area contributed by atoms with Gasteiger partial charge in [0.25, 0.3) is 0 Å². The monoisotopic (exact) mass is 311 g/mol. The van der Waals surface area contributed by atoms with Gasteiger partial charge in [0.15, 0.2) is 0 Å². The molecular formula is C19H21NOS. The summed E-state index contributed by atoms with van der Waals surface area (Å²) in [4.78, 5) is 5.93. The lowest BCUT2D eigenvalue weighted by atomic mass is 9.97. The lowest BCUT2D eigenvalue weighted by Crippen LogP contribution is -2.11. The van der Waals surface area contributed by atoms with Crippen LogP contribution in [0.5, 0.6) is 5.75 Å². The number of benzene rings is 1. The van der Waals surface area contributed by atoms with E-state index in [-0.39, 0.29) is 0 Å². The molecule has 0 atom stereocenters. The minimum atomic E-state index is 0.800. The van der Waals surface area contributed by atoms with Crippen molar-refractivity contribution >= 4 is 23.1 Å². The molecule has 0 fully saturated rings. The van der Waals surface area contributed by atoms with E-state index in [9.17, 15) is 0 Å². The predicted octanol–water partition coefficient (Wildman–Crippen LogP) is 4.99. The van der Waals surface area contributed by atoms with Gasteiger partial charge in [-0.3, -0.25) is 4.99 Å². The van der Waals surface area contributed by atoms with Gasteiger partial charge in [-0.05, 0) is 60.2 Å². The molecule has 0 saturated heterocycles. The first kappa shape index (κ1) is 15.0. The molecule has 0 amide bonds. The summed E-state index contributed by atoms with van der Waals surface area (Å²) in [6.45, 7) is 3.84. The van der Waals surface area contributed by atoms with Crippen LogP contribution in [0, 0.1) is 0 Å². The number of thiophene rings is 1. The SMILES string of the molecule is CCCCOc1ccc2c(c1)CCN=C2C=Cc1cccs1. The summed E-state index contributed by atoms with van der Waals surface area (Å²) in [5, 5.41) is 2.09. The summed E-state index contributed by atoms with van der Waals surface area (Å²) >= 11 is 1.74. The molecule has 1 aromatic heterocycles. The minimum absolute atomic E-state index is 0.800. The van der Waals surface area contributed by atoms with E-state index < -0.39 is 0 Å². The van der Waals surface area contributed by atoms with Crippen LogP contribution in [-0.4, -0.2) is 18.9 Å². The Kier molecular flexibility index (Phi) is 5.07. The number of rotatable bonds is 6. The lowest BCUT2D eigenvalue weighted by molar-refractivity contribution is 0.309. The summed E-state index contributed by atoms with van der Waals surface area (Å²) < 4.78 is 5.81. The summed E-state index contributed by atoms with van der Waals surface area (Å²) in [5.41, 5.74) is 3.66. The molecule has 0 bridgehead atoms. The van der Waals surface area contributed by atoms with Crippen molar-refractivity contribution in [1.29, 1.82) is 0 Å². The maximum Gasteiger partial charge on any atom is 0.119 e. The zero-order valence-electron chi connectivity index (χ0n) is 12.9. The molecule has 22 heavy (non-hydrogen) atoms. The van der Waals surface area contributed by atoms with Gasteiger partial charge < -0.3 is 4.74 Å². The van der Waals surface area contributed by atoms with Gasteiger partial charge >= 0.3 is 0 Å². The van der Waals surface area contributed by atoms with E-state index in [1.54, 1.807) is 11.3 Å². The fraction of sp³-hybridized carbons (Fsp3) is 0.316. The number of hydrogen-bond acceptors (Lipinski definition) is 3. The topological polar surface area (TPSA) is 21.6 Å². The second kappa shape index (κ2) is 7.41. The molecule has 1 aliphatic rings. The highest BCUT2D eigenvalue weighted by molar-refractivity contribution is 7.10. The standard InChI is InChI=1S/C19H21NOS/c1-2-3-12-21-16-6-8-18-15(14-16)10-11-20-19(18)9-7-17-5-4-13-22-17/h4-9,13-14H,2-3,10-12H2,1H3. The van der Waals surface area contributed by atoms with Gasteiger partial charge in [-0.15, -0.1) is 11.3 Å². The first-order valence-corrected chi connectivity index (χ1v) is 8.77. The van der Waals surface area contributed by atoms with Gasteiger partial charge in [0, 0.05) is 17.0 Å². The molecule has 2 heterocycles. The van der Waals surface area contributed by atoms with E-state index in [0.29, 0.717) is 0 Å². The predicted molar refractivity (Wildman–Crippen MR) is 95.3 cm³/mol. The van der Waals surface area contributed by atoms with Crippen LogP contribution < -0.4 is 4.74 Å². The van der Waals surface area contributed by atoms with Crippen LogP contribution in [0.2, 0.25) is 0 Å². The van der Waals surface area contributed by atoms with Crippen LogP contribution >= 0.6 is 11.3 Å². The molecule has 1 aromatic carbocycles. The van der Waals surface area contributed by atoms with Crippen molar-refractivity contribution in [1.82, 2.24) is 0 Å². The van der Waals surface area contributed by atoms with Crippen LogP contribution in [0.25, 0.3) is 6.08 Å². The van der Waals surface area contributed by atoms with Crippen molar-refractivity contribution in [2.45, 2.75) is 26.2 Å². The summed E-state index contributed by atoms with van der Waals surface area (Å²) in [5.74, 6) is 0.982. The third-order valence-electron chi connectivity index (χ3n) is 3.73. The quantitative estimate of drug-likeness (QED) is 0.689. The van der Waals surface area contributed by atoms with E-state index in [2.05, 4.69) is 59.8 Å². The summed E-state index contributed by atoms with van der Waals surface area (Å²) in [6, 6.07) is 10.6. The number of aliphatic imine (C=N–C) groups is 1. The molecule has 0 N–H and O–H groups in total. The number of fused-ring (bicyclic) bond motifs is 1. The van der Waals surface area contributed by atoms with Crippen molar-refractivity contribution in [3.05, 3.63) is 57.8 Å². The number of hydrogen-bond donors (Lipinski definition) is 0. The van der Waals surface area contributed by atoms with E-state index in [1.165, 1.54) is 16.0 Å². The Balaban J connectivity index is 1.75. The molecule has 0 radical (unpaired) electrons. The van der Waals surface area contributed by atoms with E-state index in [1.807, 2.05) is 0 Å². The van der Waals surface area contributed by atoms with Crippen LogP contribution in [0.1, 0.15) is 35.8 Å². The van der Waals surface area contributed by atoms with Gasteiger partial charge in [0.2, 0.25) is 0 Å². The first-order valence-electron chi connectivity index (χ1n) is 7.89. The van der Waals surface area contributed by atoms with Crippen molar-refractivity contribution < 1.29 is 4.74 Å². The molecule has 3 rings (SSSR count). The summed E-state index contributed by atoms with van der Waals surface area (Å²) in [6.07, 6.45) is 7.53. The fourth-order valence-electron chi connectivity index (χ4n) is 2.52. The number of unbranched alkanes of at least 4 members (excludes halogenated alkanes) is 1. The molecule has 0 aliphatic carbocycles. The van der Waals surface area contributed by atoms with Crippen molar-refractivity contribution in [2.24, 2.45) is 4.99 Å². The Morgan fingerprint density at radius 3 is 3.05 bits per heavy atom. The van der Waals surface area contributed by atoms with Gasteiger partial charge in [0.05, 0.1) is 12.3 Å². The molecule has 0 spiro atoms. The lowest BCUT2D eigenvalue weighted by Gasteiger charge is -2.16. The Morgan fingerprint density at radius 1 is 1.27 bits per heavy atom.